The number of benzene rings is 1. The van der Waals surface area contributed by atoms with E-state index >= 15 is 0 Å². The van der Waals surface area contributed by atoms with Crippen LogP contribution in [0, 0.1) is 0 Å². The summed E-state index contributed by atoms with van der Waals surface area (Å²) in [7, 11) is 0. The molecule has 1 N–H and O–H groups in total. The van der Waals surface area contributed by atoms with Gasteiger partial charge in [-0.05, 0) is 18.4 Å². The molecule has 5 nitrogen and oxygen atoms in total. The van der Waals surface area contributed by atoms with Gasteiger partial charge in [0.25, 0.3) is 0 Å². The summed E-state index contributed by atoms with van der Waals surface area (Å²) in [5.41, 5.74) is 1.30. The summed E-state index contributed by atoms with van der Waals surface area (Å²) in [6, 6.07) is 10.5. The fraction of sp³-hybridized carbons (Fsp3) is 0.632. The van der Waals surface area contributed by atoms with Crippen LogP contribution >= 0.6 is 0 Å². The third-order valence-corrected chi connectivity index (χ3v) is 4.85. The molecule has 0 saturated carbocycles. The van der Waals surface area contributed by atoms with Gasteiger partial charge >= 0.3 is 0 Å². The highest BCUT2D eigenvalue weighted by Gasteiger charge is 2.21. The van der Waals surface area contributed by atoms with Crippen molar-refractivity contribution in [2.75, 3.05) is 45.9 Å². The quantitative estimate of drug-likeness (QED) is 0.822. The van der Waals surface area contributed by atoms with Gasteiger partial charge in [0, 0.05) is 58.8 Å². The van der Waals surface area contributed by atoms with E-state index in [-0.39, 0.29) is 5.91 Å². The number of nitrogens with zero attached hydrogens (tertiary/aromatic N) is 2. The molecular formula is C19H29N3O2. The lowest BCUT2D eigenvalue weighted by molar-refractivity contribution is -0.132. The minimum absolute atomic E-state index is 0.280. The van der Waals surface area contributed by atoms with E-state index in [1.54, 1.807) is 0 Å². The van der Waals surface area contributed by atoms with Crippen molar-refractivity contribution in [1.29, 1.82) is 0 Å². The fourth-order valence-corrected chi connectivity index (χ4v) is 3.48. The highest BCUT2D eigenvalue weighted by atomic mass is 16.5. The first-order valence-electron chi connectivity index (χ1n) is 9.17. The van der Waals surface area contributed by atoms with Crippen LogP contribution in [0.25, 0.3) is 0 Å². The van der Waals surface area contributed by atoms with E-state index < -0.39 is 0 Å². The third kappa shape index (κ3) is 5.30. The maximum absolute atomic E-state index is 12.4. The molecule has 0 bridgehead atoms. The van der Waals surface area contributed by atoms with Crippen molar-refractivity contribution in [2.24, 2.45) is 0 Å². The summed E-state index contributed by atoms with van der Waals surface area (Å²) < 4.78 is 5.80. The topological polar surface area (TPSA) is 44.8 Å². The van der Waals surface area contributed by atoms with E-state index in [1.807, 2.05) is 11.0 Å². The maximum atomic E-state index is 12.4. The summed E-state index contributed by atoms with van der Waals surface area (Å²) >= 11 is 0. The van der Waals surface area contributed by atoms with Gasteiger partial charge in [0.1, 0.15) is 0 Å². The second kappa shape index (κ2) is 9.16. The maximum Gasteiger partial charge on any atom is 0.223 e. The monoisotopic (exact) mass is 331 g/mol. The van der Waals surface area contributed by atoms with Crippen LogP contribution in [0.3, 0.4) is 0 Å². The van der Waals surface area contributed by atoms with Gasteiger partial charge in [0.05, 0.1) is 6.10 Å². The number of carbonyl (C=O) groups excluding carboxylic acids is 1. The number of hydrogen-bond donors (Lipinski definition) is 1. The Balaban J connectivity index is 1.53. The molecule has 2 saturated heterocycles. The van der Waals surface area contributed by atoms with Gasteiger partial charge in [-0.15, -0.1) is 0 Å². The second-order valence-corrected chi connectivity index (χ2v) is 6.74. The molecular weight excluding hydrogens is 302 g/mol. The van der Waals surface area contributed by atoms with E-state index in [2.05, 4.69) is 34.5 Å². The van der Waals surface area contributed by atoms with Crippen LogP contribution in [0.1, 0.15) is 24.8 Å². The number of piperazine rings is 1. The van der Waals surface area contributed by atoms with Crippen LogP contribution in [-0.2, 0) is 16.1 Å². The predicted molar refractivity (Wildman–Crippen MR) is 94.8 cm³/mol. The molecule has 2 fully saturated rings. The summed E-state index contributed by atoms with van der Waals surface area (Å²) in [6.45, 7) is 6.98. The highest BCUT2D eigenvalue weighted by Crippen LogP contribution is 2.15. The number of nitrogens with one attached hydrogen (secondary N) is 1. The lowest BCUT2D eigenvalue weighted by Gasteiger charge is -2.29. The van der Waals surface area contributed by atoms with Crippen molar-refractivity contribution < 1.29 is 9.53 Å². The molecule has 24 heavy (non-hydrogen) atoms. The SMILES string of the molecule is O=C(CCN(Cc1ccccc1)CC1CCCO1)N1CCNCC1. The molecule has 1 aromatic rings. The van der Waals surface area contributed by atoms with Crippen molar-refractivity contribution in [3.05, 3.63) is 35.9 Å². The van der Waals surface area contributed by atoms with Gasteiger partial charge in [-0.25, -0.2) is 0 Å². The Labute approximate surface area is 145 Å². The Hall–Kier alpha value is -1.43. The van der Waals surface area contributed by atoms with Crippen LogP contribution in [-0.4, -0.2) is 67.7 Å². The van der Waals surface area contributed by atoms with Crippen LogP contribution in [0.5, 0.6) is 0 Å². The molecule has 3 rings (SSSR count). The smallest absolute Gasteiger partial charge is 0.223 e. The van der Waals surface area contributed by atoms with Crippen molar-refractivity contribution in [1.82, 2.24) is 15.1 Å². The van der Waals surface area contributed by atoms with E-state index in [0.717, 1.165) is 65.3 Å². The Kier molecular flexibility index (Phi) is 6.64. The minimum Gasteiger partial charge on any atom is -0.377 e. The fourth-order valence-electron chi connectivity index (χ4n) is 3.48. The molecule has 1 unspecified atom stereocenters. The predicted octanol–water partition coefficient (Wildman–Crippen LogP) is 1.49. The number of carbonyl (C=O) groups is 1. The summed E-state index contributed by atoms with van der Waals surface area (Å²) in [4.78, 5) is 16.8. The Morgan fingerprint density at radius 3 is 2.75 bits per heavy atom. The molecule has 0 aromatic heterocycles. The normalized spacial score (nSPS) is 21.4. The summed E-state index contributed by atoms with van der Waals surface area (Å²) in [6.07, 6.45) is 3.21. The Morgan fingerprint density at radius 1 is 1.25 bits per heavy atom. The molecule has 132 valence electrons. The first-order valence-corrected chi connectivity index (χ1v) is 9.17. The molecule has 2 aliphatic heterocycles. The van der Waals surface area contributed by atoms with Gasteiger partial charge in [0.2, 0.25) is 5.91 Å². The van der Waals surface area contributed by atoms with Gasteiger partial charge in [-0.3, -0.25) is 9.69 Å². The molecule has 2 aliphatic rings. The van der Waals surface area contributed by atoms with E-state index in [9.17, 15) is 4.79 Å². The molecule has 2 heterocycles. The molecule has 1 atom stereocenters. The van der Waals surface area contributed by atoms with Gasteiger partial charge < -0.3 is 15.0 Å². The Bertz CT molecular complexity index is 497. The van der Waals surface area contributed by atoms with E-state index in [4.69, 9.17) is 4.74 Å². The molecule has 0 spiro atoms. The average molecular weight is 331 g/mol. The molecule has 1 amide bonds. The van der Waals surface area contributed by atoms with Crippen molar-refractivity contribution >= 4 is 5.91 Å². The van der Waals surface area contributed by atoms with Crippen molar-refractivity contribution in [2.45, 2.75) is 31.9 Å². The largest absolute Gasteiger partial charge is 0.377 e. The summed E-state index contributed by atoms with van der Waals surface area (Å²) in [5.74, 6) is 0.280. The standard InChI is InChI=1S/C19H29N3O2/c23-19(22-12-9-20-10-13-22)8-11-21(16-18-7-4-14-24-18)15-17-5-2-1-3-6-17/h1-3,5-6,18,20H,4,7-16H2. The van der Waals surface area contributed by atoms with Crippen LogP contribution in [0.15, 0.2) is 30.3 Å². The highest BCUT2D eigenvalue weighted by molar-refractivity contribution is 5.76. The van der Waals surface area contributed by atoms with Crippen molar-refractivity contribution in [3.63, 3.8) is 0 Å². The second-order valence-electron chi connectivity index (χ2n) is 6.74. The van der Waals surface area contributed by atoms with Gasteiger partial charge in [-0.2, -0.15) is 0 Å². The first-order chi connectivity index (χ1) is 11.8. The van der Waals surface area contributed by atoms with Gasteiger partial charge in [-0.1, -0.05) is 30.3 Å². The van der Waals surface area contributed by atoms with Crippen molar-refractivity contribution in [3.8, 4) is 0 Å². The minimum atomic E-state index is 0.280. The van der Waals surface area contributed by atoms with Crippen LogP contribution in [0.2, 0.25) is 0 Å². The first kappa shape index (κ1) is 17.4. The average Bonchev–Trinajstić information content (AvgIpc) is 3.14. The molecule has 5 heteroatoms. The zero-order valence-electron chi connectivity index (χ0n) is 14.5. The molecule has 0 radical (unpaired) electrons. The third-order valence-electron chi connectivity index (χ3n) is 4.85. The Morgan fingerprint density at radius 2 is 2.04 bits per heavy atom. The number of amides is 1. The lowest BCUT2D eigenvalue weighted by atomic mass is 10.1. The van der Waals surface area contributed by atoms with E-state index in [1.165, 1.54) is 5.56 Å². The number of rotatable bonds is 7. The van der Waals surface area contributed by atoms with Crippen LogP contribution < -0.4 is 5.32 Å². The number of ether oxygens (including phenoxy) is 1. The zero-order chi connectivity index (χ0) is 16.6. The van der Waals surface area contributed by atoms with E-state index in [0.29, 0.717) is 12.5 Å². The molecule has 0 aliphatic carbocycles. The summed E-state index contributed by atoms with van der Waals surface area (Å²) in [5, 5.41) is 3.29. The van der Waals surface area contributed by atoms with Crippen LogP contribution in [0.4, 0.5) is 0 Å². The number of hydrogen-bond acceptors (Lipinski definition) is 4. The zero-order valence-corrected chi connectivity index (χ0v) is 14.5. The van der Waals surface area contributed by atoms with Gasteiger partial charge in [0.15, 0.2) is 0 Å². The molecule has 1 aromatic carbocycles. The lowest BCUT2D eigenvalue weighted by Crippen LogP contribution is -2.47.